The fourth-order valence-corrected chi connectivity index (χ4v) is 2.63. The van der Waals surface area contributed by atoms with E-state index in [0.29, 0.717) is 0 Å². The molecule has 0 saturated carbocycles. The summed E-state index contributed by atoms with van der Waals surface area (Å²) in [6.45, 7) is 5.43. The molecule has 0 radical (unpaired) electrons. The van der Waals surface area contributed by atoms with Crippen LogP contribution in [0.15, 0.2) is 18.2 Å². The van der Waals surface area contributed by atoms with Crippen LogP contribution in [-0.2, 0) is 12.8 Å². The fourth-order valence-electron chi connectivity index (χ4n) is 2.63. The Hall–Kier alpha value is -1.02. The summed E-state index contributed by atoms with van der Waals surface area (Å²) in [6, 6.07) is 6.75. The molecule has 19 heavy (non-hydrogen) atoms. The zero-order valence-electron chi connectivity index (χ0n) is 12.2. The molecule has 0 aliphatic carbocycles. The van der Waals surface area contributed by atoms with Crippen molar-refractivity contribution in [1.29, 1.82) is 0 Å². The van der Waals surface area contributed by atoms with Gasteiger partial charge in [-0.25, -0.2) is 0 Å². The molecular weight excluding hydrogens is 234 g/mol. The van der Waals surface area contributed by atoms with Gasteiger partial charge in [-0.1, -0.05) is 25.5 Å². The van der Waals surface area contributed by atoms with Crippen LogP contribution in [0.1, 0.15) is 50.2 Å². The number of fused-ring (bicyclic) bond motifs is 1. The molecule has 1 aliphatic heterocycles. The summed E-state index contributed by atoms with van der Waals surface area (Å²) in [7, 11) is 0. The average molecular weight is 261 g/mol. The Labute approximate surface area is 117 Å². The second kappa shape index (κ2) is 8.21. The third kappa shape index (κ3) is 4.87. The van der Waals surface area contributed by atoms with E-state index in [0.717, 1.165) is 18.9 Å². The molecule has 0 spiro atoms. The maximum Gasteiger partial charge on any atom is 0.122 e. The Morgan fingerprint density at radius 1 is 1.16 bits per heavy atom. The maximum atomic E-state index is 5.65. The number of unbranched alkanes of at least 4 members (excludes halogenated alkanes) is 2. The lowest BCUT2D eigenvalue weighted by molar-refractivity contribution is 0.288. The van der Waals surface area contributed by atoms with E-state index < -0.39 is 0 Å². The van der Waals surface area contributed by atoms with Crippen molar-refractivity contribution in [2.45, 2.75) is 51.9 Å². The molecule has 0 amide bonds. The van der Waals surface area contributed by atoms with Crippen LogP contribution in [0.4, 0.5) is 0 Å². The van der Waals surface area contributed by atoms with Crippen molar-refractivity contribution < 1.29 is 4.74 Å². The normalized spacial score (nSPS) is 13.9. The van der Waals surface area contributed by atoms with Gasteiger partial charge in [-0.3, -0.25) is 0 Å². The Balaban J connectivity index is 1.66. The van der Waals surface area contributed by atoms with Crippen molar-refractivity contribution in [2.24, 2.45) is 0 Å². The molecule has 1 aromatic rings. The van der Waals surface area contributed by atoms with Gasteiger partial charge in [0.1, 0.15) is 5.75 Å². The summed E-state index contributed by atoms with van der Waals surface area (Å²) in [6.07, 6.45) is 8.72. The molecule has 0 atom stereocenters. The standard InChI is InChI=1S/C17H27NO/c1-2-11-18-12-5-3-4-7-15-9-10-17-16(14-15)8-6-13-19-17/h9-10,14,18H,2-8,11-13H2,1H3. The molecule has 0 aromatic heterocycles. The maximum absolute atomic E-state index is 5.65. The molecular formula is C17H27NO. The van der Waals surface area contributed by atoms with Gasteiger partial charge >= 0.3 is 0 Å². The van der Waals surface area contributed by atoms with Crippen LogP contribution in [0, 0.1) is 0 Å². The number of rotatable bonds is 8. The van der Waals surface area contributed by atoms with E-state index in [9.17, 15) is 0 Å². The highest BCUT2D eigenvalue weighted by Gasteiger charge is 2.10. The summed E-state index contributed by atoms with van der Waals surface area (Å²) in [4.78, 5) is 0. The minimum absolute atomic E-state index is 0.886. The Morgan fingerprint density at radius 3 is 3.00 bits per heavy atom. The molecule has 0 unspecified atom stereocenters. The predicted molar refractivity (Wildman–Crippen MR) is 81.0 cm³/mol. The summed E-state index contributed by atoms with van der Waals surface area (Å²) < 4.78 is 5.65. The summed E-state index contributed by atoms with van der Waals surface area (Å²) in [5.74, 6) is 1.11. The van der Waals surface area contributed by atoms with Crippen LogP contribution in [0.25, 0.3) is 0 Å². The van der Waals surface area contributed by atoms with Crippen molar-refractivity contribution in [2.75, 3.05) is 19.7 Å². The van der Waals surface area contributed by atoms with Crippen LogP contribution in [0.5, 0.6) is 5.75 Å². The SMILES string of the molecule is CCCNCCCCCc1ccc2c(c1)CCCO2. The quantitative estimate of drug-likeness (QED) is 0.720. The lowest BCUT2D eigenvalue weighted by Crippen LogP contribution is -2.15. The molecule has 0 bridgehead atoms. The van der Waals surface area contributed by atoms with Gasteiger partial charge in [0, 0.05) is 0 Å². The third-order valence-electron chi connectivity index (χ3n) is 3.72. The first-order chi connectivity index (χ1) is 9.40. The van der Waals surface area contributed by atoms with Crippen LogP contribution < -0.4 is 10.1 Å². The van der Waals surface area contributed by atoms with Gasteiger partial charge in [0.25, 0.3) is 0 Å². The molecule has 1 aliphatic rings. The molecule has 1 heterocycles. The van der Waals surface area contributed by atoms with Gasteiger partial charge in [-0.05, 0) is 68.8 Å². The molecule has 2 heteroatoms. The summed E-state index contributed by atoms with van der Waals surface area (Å²) in [5, 5.41) is 3.46. The van der Waals surface area contributed by atoms with Crippen LogP contribution in [0.2, 0.25) is 0 Å². The Bertz CT molecular complexity index is 376. The monoisotopic (exact) mass is 261 g/mol. The topological polar surface area (TPSA) is 21.3 Å². The van der Waals surface area contributed by atoms with Crippen LogP contribution in [-0.4, -0.2) is 19.7 Å². The predicted octanol–water partition coefficient (Wildman–Crippen LogP) is 3.72. The number of benzene rings is 1. The van der Waals surface area contributed by atoms with Crippen molar-refractivity contribution >= 4 is 0 Å². The molecule has 106 valence electrons. The molecule has 2 nitrogen and oxygen atoms in total. The van der Waals surface area contributed by atoms with Crippen molar-refractivity contribution in [3.05, 3.63) is 29.3 Å². The van der Waals surface area contributed by atoms with Gasteiger partial charge in [0.05, 0.1) is 6.61 Å². The number of aryl methyl sites for hydroxylation is 2. The zero-order valence-corrected chi connectivity index (χ0v) is 12.2. The van der Waals surface area contributed by atoms with E-state index in [4.69, 9.17) is 4.74 Å². The Morgan fingerprint density at radius 2 is 2.11 bits per heavy atom. The lowest BCUT2D eigenvalue weighted by atomic mass is 10.00. The average Bonchev–Trinajstić information content (AvgIpc) is 2.46. The van der Waals surface area contributed by atoms with E-state index in [1.165, 1.54) is 62.6 Å². The fraction of sp³-hybridized carbons (Fsp3) is 0.647. The largest absolute Gasteiger partial charge is 0.493 e. The highest BCUT2D eigenvalue weighted by Crippen LogP contribution is 2.26. The third-order valence-corrected chi connectivity index (χ3v) is 3.72. The Kier molecular flexibility index (Phi) is 6.22. The summed E-state index contributed by atoms with van der Waals surface area (Å²) >= 11 is 0. The zero-order chi connectivity index (χ0) is 13.3. The highest BCUT2D eigenvalue weighted by atomic mass is 16.5. The van der Waals surface area contributed by atoms with Crippen molar-refractivity contribution in [3.8, 4) is 5.75 Å². The van der Waals surface area contributed by atoms with Crippen LogP contribution >= 0.6 is 0 Å². The first-order valence-corrected chi connectivity index (χ1v) is 7.85. The van der Waals surface area contributed by atoms with Gasteiger partial charge in [-0.15, -0.1) is 0 Å². The minimum atomic E-state index is 0.886. The van der Waals surface area contributed by atoms with E-state index in [2.05, 4.69) is 30.4 Å². The van der Waals surface area contributed by atoms with Gasteiger partial charge in [0.15, 0.2) is 0 Å². The number of hydrogen-bond acceptors (Lipinski definition) is 2. The van der Waals surface area contributed by atoms with Crippen molar-refractivity contribution in [3.63, 3.8) is 0 Å². The number of hydrogen-bond donors (Lipinski definition) is 1. The van der Waals surface area contributed by atoms with E-state index >= 15 is 0 Å². The first kappa shape index (κ1) is 14.4. The van der Waals surface area contributed by atoms with Gasteiger partial charge in [-0.2, -0.15) is 0 Å². The number of ether oxygens (including phenoxy) is 1. The smallest absolute Gasteiger partial charge is 0.122 e. The minimum Gasteiger partial charge on any atom is -0.493 e. The second-order valence-corrected chi connectivity index (χ2v) is 5.45. The molecule has 2 rings (SSSR count). The van der Waals surface area contributed by atoms with Gasteiger partial charge < -0.3 is 10.1 Å². The summed E-state index contributed by atoms with van der Waals surface area (Å²) in [5.41, 5.74) is 2.89. The molecule has 1 aromatic carbocycles. The first-order valence-electron chi connectivity index (χ1n) is 7.85. The van der Waals surface area contributed by atoms with E-state index in [-0.39, 0.29) is 0 Å². The lowest BCUT2D eigenvalue weighted by Gasteiger charge is -2.17. The molecule has 0 saturated heterocycles. The second-order valence-electron chi connectivity index (χ2n) is 5.45. The molecule has 0 fully saturated rings. The highest BCUT2D eigenvalue weighted by molar-refractivity contribution is 5.38. The van der Waals surface area contributed by atoms with Gasteiger partial charge in [0.2, 0.25) is 0 Å². The molecule has 1 N–H and O–H groups in total. The van der Waals surface area contributed by atoms with Crippen LogP contribution in [0.3, 0.4) is 0 Å². The number of nitrogens with one attached hydrogen (secondary N) is 1. The van der Waals surface area contributed by atoms with E-state index in [1.54, 1.807) is 0 Å². The van der Waals surface area contributed by atoms with E-state index in [1.807, 2.05) is 0 Å². The van der Waals surface area contributed by atoms with Crippen molar-refractivity contribution in [1.82, 2.24) is 5.32 Å².